The Labute approximate surface area is 216 Å². The molecule has 0 aromatic heterocycles. The predicted molar refractivity (Wildman–Crippen MR) is 148 cm³/mol. The van der Waals surface area contributed by atoms with Crippen molar-refractivity contribution in [3.05, 3.63) is 95.6 Å². The number of fused-ring (bicyclic) bond motifs is 1. The van der Waals surface area contributed by atoms with Crippen molar-refractivity contribution in [3.8, 4) is 0 Å². The van der Waals surface area contributed by atoms with Gasteiger partial charge in [0.1, 0.15) is 0 Å². The zero-order chi connectivity index (χ0) is 25.6. The van der Waals surface area contributed by atoms with Crippen LogP contribution in [0, 0.1) is 5.41 Å². The topological polar surface area (TPSA) is 66.4 Å². The highest BCUT2D eigenvalue weighted by Crippen LogP contribution is 2.49. The van der Waals surface area contributed by atoms with Crippen LogP contribution in [0.5, 0.6) is 0 Å². The first-order chi connectivity index (χ1) is 17.4. The first-order valence-electron chi connectivity index (χ1n) is 13.3. The highest BCUT2D eigenvalue weighted by Gasteiger charge is 2.49. The lowest BCUT2D eigenvalue weighted by Crippen LogP contribution is -2.43. The van der Waals surface area contributed by atoms with Crippen LogP contribution in [0.1, 0.15) is 75.0 Å². The van der Waals surface area contributed by atoms with E-state index in [0.717, 1.165) is 42.5 Å². The van der Waals surface area contributed by atoms with Gasteiger partial charge in [-0.25, -0.2) is 8.42 Å². The average Bonchev–Trinajstić information content (AvgIpc) is 2.96. The maximum Gasteiger partial charge on any atom is 0.179 e. The molecule has 0 unspecified atom stereocenters. The van der Waals surface area contributed by atoms with E-state index in [0.29, 0.717) is 29.8 Å². The van der Waals surface area contributed by atoms with E-state index in [1.165, 1.54) is 0 Å². The molecule has 4 rings (SSSR count). The molecule has 1 aliphatic heterocycles. The fourth-order valence-electron chi connectivity index (χ4n) is 5.69. The van der Waals surface area contributed by atoms with E-state index in [1.807, 2.05) is 60.7 Å². The Bertz CT molecular complexity index is 1220. The Hall–Kier alpha value is -2.63. The van der Waals surface area contributed by atoms with Crippen molar-refractivity contribution in [3.63, 3.8) is 0 Å². The lowest BCUT2D eigenvalue weighted by Gasteiger charge is -2.40. The summed E-state index contributed by atoms with van der Waals surface area (Å²) >= 11 is 0. The van der Waals surface area contributed by atoms with Gasteiger partial charge >= 0.3 is 0 Å². The number of rotatable bonds is 10. The van der Waals surface area contributed by atoms with Crippen molar-refractivity contribution in [2.24, 2.45) is 5.41 Å². The van der Waals surface area contributed by atoms with Crippen molar-refractivity contribution in [2.45, 2.75) is 75.8 Å². The molecule has 1 aliphatic rings. The maximum absolute atomic E-state index is 13.9. The molecule has 0 amide bonds. The molecule has 3 aromatic rings. The highest BCUT2D eigenvalue weighted by atomic mass is 32.2. The number of sulfone groups is 1. The summed E-state index contributed by atoms with van der Waals surface area (Å²) in [6, 6.07) is 25.6. The Balaban J connectivity index is 1.83. The Morgan fingerprint density at radius 1 is 0.889 bits per heavy atom. The van der Waals surface area contributed by atoms with Gasteiger partial charge in [-0.15, -0.1) is 0 Å². The normalized spacial score (nSPS) is 20.3. The van der Waals surface area contributed by atoms with Gasteiger partial charge in [0.25, 0.3) is 0 Å². The first kappa shape index (κ1) is 26.4. The number of benzene rings is 3. The molecule has 0 saturated carbocycles. The van der Waals surface area contributed by atoms with E-state index in [-0.39, 0.29) is 5.75 Å². The van der Waals surface area contributed by atoms with Crippen LogP contribution in [-0.4, -0.2) is 25.4 Å². The summed E-state index contributed by atoms with van der Waals surface area (Å²) in [5.74, 6) is -0.417. The minimum Gasteiger partial charge on any atom is -0.392 e. The summed E-state index contributed by atoms with van der Waals surface area (Å²) in [6.07, 6.45) is 4.36. The first-order valence-corrected chi connectivity index (χ1v) is 14.9. The summed E-state index contributed by atoms with van der Waals surface area (Å²) in [5, 5.41) is 15.6. The number of anilines is 1. The molecule has 0 aliphatic carbocycles. The summed E-state index contributed by atoms with van der Waals surface area (Å²) in [6.45, 7) is 4.89. The molecule has 0 fully saturated rings. The number of aliphatic hydroxyl groups is 1. The van der Waals surface area contributed by atoms with E-state index in [1.54, 1.807) is 6.07 Å². The van der Waals surface area contributed by atoms with Gasteiger partial charge in [0, 0.05) is 23.6 Å². The molecule has 192 valence electrons. The minimum absolute atomic E-state index is 0.00566. The molecule has 0 radical (unpaired) electrons. The van der Waals surface area contributed by atoms with Crippen LogP contribution in [0.25, 0.3) is 0 Å². The van der Waals surface area contributed by atoms with Gasteiger partial charge in [0.2, 0.25) is 0 Å². The Morgan fingerprint density at radius 3 is 2.11 bits per heavy atom. The maximum atomic E-state index is 13.9. The van der Waals surface area contributed by atoms with Gasteiger partial charge in [0.15, 0.2) is 9.84 Å². The fraction of sp³-hybridized carbons (Fsp3) is 0.419. The second kappa shape index (κ2) is 11.6. The van der Waals surface area contributed by atoms with Crippen LogP contribution in [0.15, 0.2) is 83.8 Å². The van der Waals surface area contributed by atoms with Gasteiger partial charge < -0.3 is 10.4 Å². The molecule has 3 aromatic carbocycles. The summed E-state index contributed by atoms with van der Waals surface area (Å²) in [7, 11) is -3.59. The van der Waals surface area contributed by atoms with E-state index in [4.69, 9.17) is 0 Å². The van der Waals surface area contributed by atoms with Crippen molar-refractivity contribution >= 4 is 15.5 Å². The van der Waals surface area contributed by atoms with Crippen molar-refractivity contribution in [1.82, 2.24) is 0 Å². The molecule has 2 N–H and O–H groups in total. The second-order valence-electron chi connectivity index (χ2n) is 10.3. The Morgan fingerprint density at radius 2 is 1.50 bits per heavy atom. The zero-order valence-corrected chi connectivity index (χ0v) is 22.3. The Kier molecular flexibility index (Phi) is 8.53. The lowest BCUT2D eigenvalue weighted by atomic mass is 9.68. The zero-order valence-electron chi connectivity index (χ0n) is 21.5. The van der Waals surface area contributed by atoms with E-state index >= 15 is 0 Å². The molecule has 2 atom stereocenters. The summed E-state index contributed by atoms with van der Waals surface area (Å²) in [4.78, 5) is 0.357. The quantitative estimate of drug-likeness (QED) is 0.313. The van der Waals surface area contributed by atoms with Gasteiger partial charge in [-0.2, -0.15) is 0 Å². The molecule has 5 heteroatoms. The van der Waals surface area contributed by atoms with Crippen LogP contribution in [0.4, 0.5) is 5.69 Å². The third kappa shape index (κ3) is 5.68. The highest BCUT2D eigenvalue weighted by molar-refractivity contribution is 7.91. The number of hydrogen-bond acceptors (Lipinski definition) is 4. The molecule has 1 heterocycles. The number of hydrogen-bond donors (Lipinski definition) is 2. The van der Waals surface area contributed by atoms with Crippen molar-refractivity contribution in [2.75, 3.05) is 11.1 Å². The van der Waals surface area contributed by atoms with Crippen molar-refractivity contribution < 1.29 is 13.5 Å². The van der Waals surface area contributed by atoms with Crippen molar-refractivity contribution in [1.29, 1.82) is 0 Å². The molecular weight excluding hydrogens is 466 g/mol. The molecule has 4 nitrogen and oxygen atoms in total. The van der Waals surface area contributed by atoms with Gasteiger partial charge in [-0.3, -0.25) is 0 Å². The van der Waals surface area contributed by atoms with Crippen LogP contribution < -0.4 is 5.32 Å². The average molecular weight is 506 g/mol. The third-order valence-corrected chi connectivity index (χ3v) is 9.65. The predicted octanol–water partition coefficient (Wildman–Crippen LogP) is 6.95. The largest absolute Gasteiger partial charge is 0.392 e. The molecule has 0 saturated heterocycles. The standard InChI is InChI=1S/C31H39NO3S/c1-3-5-19-31(20-6-4-2)23-36(34,35)28-18-17-26(32-22-24-13-9-7-10-14-24)21-27(28)29(30(31)33)25-15-11-8-12-16-25/h7-18,21,29-30,32-33H,3-6,19-20,22-23H2,1-2H3/t29-,30-/m1/s1. The summed E-state index contributed by atoms with van der Waals surface area (Å²) < 4.78 is 27.8. The number of unbranched alkanes of at least 4 members (excludes halogenated alkanes) is 2. The van der Waals surface area contributed by atoms with Gasteiger partial charge in [-0.1, -0.05) is 100 Å². The van der Waals surface area contributed by atoms with Gasteiger partial charge in [0.05, 0.1) is 16.8 Å². The van der Waals surface area contributed by atoms with E-state index in [9.17, 15) is 13.5 Å². The van der Waals surface area contributed by atoms with E-state index < -0.39 is 27.3 Å². The second-order valence-corrected chi connectivity index (χ2v) is 12.2. The molecule has 36 heavy (non-hydrogen) atoms. The summed E-state index contributed by atoms with van der Waals surface area (Å²) in [5.41, 5.74) is 2.98. The number of nitrogens with one attached hydrogen (secondary N) is 1. The molecular formula is C31H39NO3S. The molecule has 0 spiro atoms. The monoisotopic (exact) mass is 505 g/mol. The third-order valence-electron chi connectivity index (χ3n) is 7.66. The molecule has 0 bridgehead atoms. The van der Waals surface area contributed by atoms with E-state index in [2.05, 4.69) is 31.3 Å². The smallest absolute Gasteiger partial charge is 0.179 e. The van der Waals surface area contributed by atoms with Gasteiger partial charge in [-0.05, 0) is 47.7 Å². The van der Waals surface area contributed by atoms with Crippen LogP contribution in [-0.2, 0) is 16.4 Å². The fourth-order valence-corrected chi connectivity index (χ4v) is 7.89. The number of aliphatic hydroxyl groups excluding tert-OH is 1. The van der Waals surface area contributed by atoms with Crippen LogP contribution in [0.2, 0.25) is 0 Å². The minimum atomic E-state index is -3.59. The van der Waals surface area contributed by atoms with Crippen LogP contribution in [0.3, 0.4) is 0 Å². The SMILES string of the molecule is CCCCC1(CCCC)CS(=O)(=O)c2ccc(NCc3ccccc3)cc2[C@@H](c2ccccc2)[C@H]1O. The van der Waals surface area contributed by atoms with Crippen LogP contribution >= 0.6 is 0 Å². The lowest BCUT2D eigenvalue weighted by molar-refractivity contribution is 0.0127.